The number of benzene rings is 3. The van der Waals surface area contributed by atoms with Crippen molar-refractivity contribution in [1.29, 1.82) is 0 Å². The van der Waals surface area contributed by atoms with Gasteiger partial charge in [-0.1, -0.05) is 41.9 Å². The molecule has 2 atom stereocenters. The van der Waals surface area contributed by atoms with Crippen molar-refractivity contribution in [1.82, 2.24) is 4.90 Å². The fraction of sp³-hybridized carbons (Fsp3) is 0.231. The van der Waals surface area contributed by atoms with Gasteiger partial charge in [-0.3, -0.25) is 4.79 Å². The largest absolute Gasteiger partial charge is 0.380 e. The van der Waals surface area contributed by atoms with Gasteiger partial charge in [-0.25, -0.2) is 9.18 Å². The van der Waals surface area contributed by atoms with Crippen molar-refractivity contribution >= 4 is 34.9 Å². The number of hydrogen-bond donors (Lipinski definition) is 3. The summed E-state index contributed by atoms with van der Waals surface area (Å²) in [5, 5.41) is 5.93. The zero-order valence-electron chi connectivity index (χ0n) is 19.1. The second kappa shape index (κ2) is 10.9. The molecule has 1 aliphatic rings. The van der Waals surface area contributed by atoms with E-state index in [1.807, 2.05) is 24.3 Å². The predicted molar refractivity (Wildman–Crippen MR) is 135 cm³/mol. The van der Waals surface area contributed by atoms with E-state index in [0.717, 1.165) is 11.1 Å². The van der Waals surface area contributed by atoms with Crippen molar-refractivity contribution < 1.29 is 18.7 Å². The molecule has 1 heterocycles. The van der Waals surface area contributed by atoms with Gasteiger partial charge in [-0.15, -0.1) is 0 Å². The van der Waals surface area contributed by atoms with Gasteiger partial charge in [-0.2, -0.15) is 0 Å². The Labute approximate surface area is 208 Å². The average Bonchev–Trinajstić information content (AvgIpc) is 3.31. The Balaban J connectivity index is 1.50. The lowest BCUT2D eigenvalue weighted by molar-refractivity contribution is -0.119. The summed E-state index contributed by atoms with van der Waals surface area (Å²) in [7, 11) is 1.53. The molecule has 0 radical (unpaired) electrons. The zero-order chi connectivity index (χ0) is 24.9. The van der Waals surface area contributed by atoms with Crippen LogP contribution >= 0.6 is 11.6 Å². The predicted octanol–water partition coefficient (Wildman–Crippen LogP) is 4.86. The molecule has 1 fully saturated rings. The molecule has 0 saturated carbocycles. The molecule has 35 heavy (non-hydrogen) atoms. The third-order valence-electron chi connectivity index (χ3n) is 6.03. The number of nitrogens with one attached hydrogen (secondary N) is 2. The minimum atomic E-state index is -0.829. The highest BCUT2D eigenvalue weighted by molar-refractivity contribution is 6.30. The van der Waals surface area contributed by atoms with Crippen molar-refractivity contribution in [3.63, 3.8) is 0 Å². The van der Waals surface area contributed by atoms with Crippen LogP contribution in [0.15, 0.2) is 66.7 Å². The van der Waals surface area contributed by atoms with Crippen molar-refractivity contribution in [2.45, 2.75) is 25.1 Å². The third-order valence-corrected chi connectivity index (χ3v) is 6.28. The van der Waals surface area contributed by atoms with Gasteiger partial charge in [0, 0.05) is 37.3 Å². The maximum Gasteiger partial charge on any atom is 0.322 e. The van der Waals surface area contributed by atoms with E-state index in [1.165, 1.54) is 24.1 Å². The number of hydrogen-bond acceptors (Lipinski definition) is 4. The molecule has 1 saturated heterocycles. The molecule has 4 N–H and O–H groups in total. The first kappa shape index (κ1) is 24.7. The number of carbonyl (C=O) groups excluding carboxylic acids is 2. The van der Waals surface area contributed by atoms with Crippen LogP contribution in [0.25, 0.3) is 11.1 Å². The summed E-state index contributed by atoms with van der Waals surface area (Å²) in [5.74, 6) is -1.08. The monoisotopic (exact) mass is 496 g/mol. The standard InChI is InChI=1S/C26H26ClFN4O3/c1-35-20-13-24(32(15-20)26(34)30-19-9-7-18(27)8-10-19)25(33)31-23-11-6-16(12-22(23)28)21-5-3-2-4-17(21)14-29/h2-12,20,24H,13-15,29H2,1H3,(H,30,34)(H,31,33). The van der Waals surface area contributed by atoms with Crippen molar-refractivity contribution in [3.8, 4) is 11.1 Å². The molecule has 0 spiro atoms. The second-order valence-electron chi connectivity index (χ2n) is 8.24. The van der Waals surface area contributed by atoms with Crippen molar-refractivity contribution in [2.24, 2.45) is 5.73 Å². The number of amides is 3. The van der Waals surface area contributed by atoms with E-state index in [9.17, 15) is 14.0 Å². The molecule has 0 bridgehead atoms. The first-order chi connectivity index (χ1) is 16.9. The van der Waals surface area contributed by atoms with Gasteiger partial charge in [0.1, 0.15) is 11.9 Å². The molecule has 3 aromatic carbocycles. The third kappa shape index (κ3) is 5.62. The first-order valence-corrected chi connectivity index (χ1v) is 11.5. The summed E-state index contributed by atoms with van der Waals surface area (Å²) in [6, 6.07) is 17.4. The maximum atomic E-state index is 15.0. The van der Waals surface area contributed by atoms with Gasteiger partial charge in [0.25, 0.3) is 0 Å². The summed E-state index contributed by atoms with van der Waals surface area (Å²) in [6.07, 6.45) is -0.0262. The Hall–Kier alpha value is -3.46. The Morgan fingerprint density at radius 1 is 1.11 bits per heavy atom. The van der Waals surface area contributed by atoms with E-state index < -0.39 is 23.8 Å². The summed E-state index contributed by atoms with van der Waals surface area (Å²) < 4.78 is 20.4. The molecule has 3 aromatic rings. The number of methoxy groups -OCH3 is 1. The van der Waals surface area contributed by atoms with Crippen molar-refractivity contribution in [2.75, 3.05) is 24.3 Å². The Kier molecular flexibility index (Phi) is 7.65. The van der Waals surface area contributed by atoms with E-state index in [4.69, 9.17) is 22.1 Å². The zero-order valence-corrected chi connectivity index (χ0v) is 19.9. The van der Waals surface area contributed by atoms with Crippen LogP contribution in [0.1, 0.15) is 12.0 Å². The smallest absolute Gasteiger partial charge is 0.322 e. The molecule has 3 amide bonds. The molecule has 2 unspecified atom stereocenters. The molecule has 182 valence electrons. The van der Waals surface area contributed by atoms with Crippen LogP contribution in [0.5, 0.6) is 0 Å². The minimum absolute atomic E-state index is 0.0305. The Morgan fingerprint density at radius 2 is 1.86 bits per heavy atom. The highest BCUT2D eigenvalue weighted by Crippen LogP contribution is 2.28. The van der Waals surface area contributed by atoms with E-state index in [2.05, 4.69) is 10.6 Å². The van der Waals surface area contributed by atoms with Gasteiger partial charge >= 0.3 is 6.03 Å². The molecule has 7 nitrogen and oxygen atoms in total. The summed E-state index contributed by atoms with van der Waals surface area (Å²) in [4.78, 5) is 27.4. The fourth-order valence-electron chi connectivity index (χ4n) is 4.15. The molecular weight excluding hydrogens is 471 g/mol. The molecule has 0 aliphatic carbocycles. The topological polar surface area (TPSA) is 96.7 Å². The summed E-state index contributed by atoms with van der Waals surface area (Å²) >= 11 is 5.90. The summed E-state index contributed by atoms with van der Waals surface area (Å²) in [5.41, 5.74) is 8.75. The lowest BCUT2D eigenvalue weighted by Gasteiger charge is -2.24. The lowest BCUT2D eigenvalue weighted by Crippen LogP contribution is -2.45. The van der Waals surface area contributed by atoms with Gasteiger partial charge < -0.3 is 26.0 Å². The Morgan fingerprint density at radius 3 is 2.54 bits per heavy atom. The number of anilines is 2. The lowest BCUT2D eigenvalue weighted by atomic mass is 9.99. The number of ether oxygens (including phenoxy) is 1. The van der Waals surface area contributed by atoms with Gasteiger partial charge in [0.05, 0.1) is 11.8 Å². The van der Waals surface area contributed by atoms with E-state index in [1.54, 1.807) is 30.3 Å². The molecule has 1 aliphatic heterocycles. The number of likely N-dealkylation sites (tertiary alicyclic amines) is 1. The van der Waals surface area contributed by atoms with Gasteiger partial charge in [0.2, 0.25) is 5.91 Å². The van der Waals surface area contributed by atoms with Crippen LogP contribution in [0.4, 0.5) is 20.6 Å². The number of rotatable bonds is 6. The van der Waals surface area contributed by atoms with Crippen LogP contribution in [0, 0.1) is 5.82 Å². The second-order valence-corrected chi connectivity index (χ2v) is 8.68. The first-order valence-electron chi connectivity index (χ1n) is 11.1. The highest BCUT2D eigenvalue weighted by atomic mass is 35.5. The van der Waals surface area contributed by atoms with E-state index >= 15 is 0 Å². The van der Waals surface area contributed by atoms with Crippen LogP contribution in [-0.4, -0.2) is 42.6 Å². The SMILES string of the molecule is COC1CC(C(=O)Nc2ccc(-c3ccccc3CN)cc2F)N(C(=O)Nc2ccc(Cl)cc2)C1. The van der Waals surface area contributed by atoms with Gasteiger partial charge in [-0.05, 0) is 53.1 Å². The minimum Gasteiger partial charge on any atom is -0.380 e. The molecular formula is C26H26ClFN4O3. The van der Waals surface area contributed by atoms with Crippen molar-refractivity contribution in [3.05, 3.63) is 83.1 Å². The molecule has 4 rings (SSSR count). The van der Waals surface area contributed by atoms with Crippen LogP contribution in [0.3, 0.4) is 0 Å². The number of carbonyl (C=O) groups is 2. The molecule has 9 heteroatoms. The van der Waals surface area contributed by atoms with Gasteiger partial charge in [0.15, 0.2) is 0 Å². The van der Waals surface area contributed by atoms with E-state index in [0.29, 0.717) is 29.2 Å². The maximum absolute atomic E-state index is 15.0. The number of halogens is 2. The van der Waals surface area contributed by atoms with Crippen LogP contribution < -0.4 is 16.4 Å². The number of nitrogens with zero attached hydrogens (tertiary/aromatic N) is 1. The quantitative estimate of drug-likeness (QED) is 0.454. The van der Waals surface area contributed by atoms with Crippen LogP contribution in [0.2, 0.25) is 5.02 Å². The average molecular weight is 497 g/mol. The number of urea groups is 1. The number of nitrogens with two attached hydrogens (primary N) is 1. The van der Waals surface area contributed by atoms with Crippen LogP contribution in [-0.2, 0) is 16.1 Å². The summed E-state index contributed by atoms with van der Waals surface area (Å²) in [6.45, 7) is 0.553. The normalized spacial score (nSPS) is 17.3. The molecule has 0 aromatic heterocycles. The fourth-order valence-corrected chi connectivity index (χ4v) is 4.28. The Bertz CT molecular complexity index is 1220. The van der Waals surface area contributed by atoms with E-state index in [-0.39, 0.29) is 18.3 Å². The highest BCUT2D eigenvalue weighted by Gasteiger charge is 2.40.